The first kappa shape index (κ1) is 20.4. The van der Waals surface area contributed by atoms with Crippen LogP contribution >= 0.6 is 0 Å². The average Bonchev–Trinajstić information content (AvgIpc) is 3.27. The molecule has 2 heterocycles. The lowest BCUT2D eigenvalue weighted by molar-refractivity contribution is -0.133. The number of nitrogens with one attached hydrogen (secondary N) is 2. The summed E-state index contributed by atoms with van der Waals surface area (Å²) in [5.41, 5.74) is -0.469. The minimum absolute atomic E-state index is 0.0269. The molecule has 2 N–H and O–H groups in total. The van der Waals surface area contributed by atoms with Crippen LogP contribution in [0.25, 0.3) is 0 Å². The summed E-state index contributed by atoms with van der Waals surface area (Å²) in [7, 11) is 0. The summed E-state index contributed by atoms with van der Waals surface area (Å²) in [4.78, 5) is 40.3. The van der Waals surface area contributed by atoms with Crippen LogP contribution in [0.4, 0.5) is 0 Å². The van der Waals surface area contributed by atoms with E-state index in [1.807, 2.05) is 20.8 Å². The summed E-state index contributed by atoms with van der Waals surface area (Å²) in [5.74, 6) is -0.715. The molecule has 0 radical (unpaired) electrons. The van der Waals surface area contributed by atoms with Crippen LogP contribution in [0.15, 0.2) is 6.07 Å². The van der Waals surface area contributed by atoms with Crippen LogP contribution in [0, 0.1) is 0 Å². The number of carbonyl (C=O) groups is 3. The van der Waals surface area contributed by atoms with Crippen molar-refractivity contribution in [1.29, 1.82) is 0 Å². The van der Waals surface area contributed by atoms with Gasteiger partial charge in [-0.1, -0.05) is 19.8 Å². The topological polar surface area (TPSA) is 96.3 Å². The molecule has 1 aromatic heterocycles. The van der Waals surface area contributed by atoms with Crippen molar-refractivity contribution in [1.82, 2.24) is 25.3 Å². The molecule has 28 heavy (non-hydrogen) atoms. The fraction of sp³-hybridized carbons (Fsp3) is 0.700. The maximum absolute atomic E-state index is 13.2. The van der Waals surface area contributed by atoms with E-state index in [0.717, 1.165) is 32.1 Å². The van der Waals surface area contributed by atoms with E-state index in [-0.39, 0.29) is 42.0 Å². The lowest BCUT2D eigenvalue weighted by Gasteiger charge is -2.43. The van der Waals surface area contributed by atoms with Gasteiger partial charge in [-0.15, -0.1) is 0 Å². The third kappa shape index (κ3) is 3.77. The molecule has 0 bridgehead atoms. The third-order valence-corrected chi connectivity index (χ3v) is 5.58. The maximum atomic E-state index is 13.2. The van der Waals surface area contributed by atoms with E-state index < -0.39 is 5.54 Å². The van der Waals surface area contributed by atoms with Crippen molar-refractivity contribution >= 4 is 17.7 Å². The van der Waals surface area contributed by atoms with Gasteiger partial charge in [0.15, 0.2) is 5.69 Å². The molecule has 1 aliphatic carbocycles. The summed E-state index contributed by atoms with van der Waals surface area (Å²) >= 11 is 0. The SMILES string of the molecule is CCCN1C(=O)c2cc(C(=O)NC(C)C)nn2CC1(C)C(=O)NC1CCCC1. The van der Waals surface area contributed by atoms with Crippen molar-refractivity contribution in [3.05, 3.63) is 17.5 Å². The highest BCUT2D eigenvalue weighted by Crippen LogP contribution is 2.29. The maximum Gasteiger partial charge on any atom is 0.273 e. The normalized spacial score (nSPS) is 22.5. The van der Waals surface area contributed by atoms with E-state index in [4.69, 9.17) is 0 Å². The Labute approximate surface area is 166 Å². The summed E-state index contributed by atoms with van der Waals surface area (Å²) < 4.78 is 1.51. The highest BCUT2D eigenvalue weighted by atomic mass is 16.2. The first-order chi connectivity index (χ1) is 13.3. The third-order valence-electron chi connectivity index (χ3n) is 5.58. The second-order valence-corrected chi connectivity index (χ2v) is 8.39. The highest BCUT2D eigenvalue weighted by Gasteiger charge is 2.48. The molecule has 0 spiro atoms. The molecule has 1 aliphatic heterocycles. The van der Waals surface area contributed by atoms with Gasteiger partial charge in [-0.25, -0.2) is 0 Å². The fourth-order valence-corrected chi connectivity index (χ4v) is 4.07. The zero-order chi connectivity index (χ0) is 20.5. The van der Waals surface area contributed by atoms with Gasteiger partial charge < -0.3 is 15.5 Å². The van der Waals surface area contributed by atoms with E-state index in [0.29, 0.717) is 12.2 Å². The average molecular weight is 390 g/mol. The van der Waals surface area contributed by atoms with E-state index in [1.54, 1.807) is 11.8 Å². The highest BCUT2D eigenvalue weighted by molar-refractivity contribution is 6.02. The van der Waals surface area contributed by atoms with Crippen LogP contribution in [-0.4, -0.2) is 56.6 Å². The lowest BCUT2D eigenvalue weighted by atomic mass is 9.94. The second-order valence-electron chi connectivity index (χ2n) is 8.39. The Kier molecular flexibility index (Phi) is 5.76. The summed E-state index contributed by atoms with van der Waals surface area (Å²) in [5, 5.41) is 10.3. The minimum atomic E-state index is -1.03. The lowest BCUT2D eigenvalue weighted by Crippen LogP contribution is -2.65. The van der Waals surface area contributed by atoms with Crippen molar-refractivity contribution in [3.63, 3.8) is 0 Å². The second kappa shape index (κ2) is 7.93. The van der Waals surface area contributed by atoms with Crippen LogP contribution < -0.4 is 10.6 Å². The molecule has 3 rings (SSSR count). The van der Waals surface area contributed by atoms with Gasteiger partial charge in [-0.3, -0.25) is 19.1 Å². The van der Waals surface area contributed by atoms with Gasteiger partial charge in [0.1, 0.15) is 11.2 Å². The zero-order valence-corrected chi connectivity index (χ0v) is 17.2. The molecule has 3 amide bonds. The predicted molar refractivity (Wildman–Crippen MR) is 105 cm³/mol. The van der Waals surface area contributed by atoms with Crippen molar-refractivity contribution in [2.75, 3.05) is 6.54 Å². The Morgan fingerprint density at radius 2 is 2.00 bits per heavy atom. The predicted octanol–water partition coefficient (Wildman–Crippen LogP) is 1.70. The van der Waals surface area contributed by atoms with Gasteiger partial charge in [0.25, 0.3) is 11.8 Å². The molecule has 154 valence electrons. The van der Waals surface area contributed by atoms with Crippen LogP contribution in [0.3, 0.4) is 0 Å². The van der Waals surface area contributed by atoms with Crippen LogP contribution in [-0.2, 0) is 11.3 Å². The molecule has 2 aliphatic rings. The van der Waals surface area contributed by atoms with Crippen LogP contribution in [0.5, 0.6) is 0 Å². The number of carbonyl (C=O) groups excluding carboxylic acids is 3. The van der Waals surface area contributed by atoms with Crippen molar-refractivity contribution in [3.8, 4) is 0 Å². The van der Waals surface area contributed by atoms with Gasteiger partial charge >= 0.3 is 0 Å². The van der Waals surface area contributed by atoms with E-state index >= 15 is 0 Å². The van der Waals surface area contributed by atoms with E-state index in [2.05, 4.69) is 15.7 Å². The molecule has 1 fully saturated rings. The quantitative estimate of drug-likeness (QED) is 0.774. The number of aromatic nitrogens is 2. The molecule has 0 saturated heterocycles. The number of hydrogen-bond acceptors (Lipinski definition) is 4. The largest absolute Gasteiger partial charge is 0.351 e. The summed E-state index contributed by atoms with van der Waals surface area (Å²) in [6.07, 6.45) is 4.95. The number of amides is 3. The van der Waals surface area contributed by atoms with Gasteiger partial charge in [0, 0.05) is 24.7 Å². The van der Waals surface area contributed by atoms with E-state index in [1.165, 1.54) is 10.7 Å². The summed E-state index contributed by atoms with van der Waals surface area (Å²) in [6, 6.07) is 1.67. The molecular weight excluding hydrogens is 358 g/mol. The molecule has 8 heteroatoms. The number of nitrogens with zero attached hydrogens (tertiary/aromatic N) is 3. The molecular formula is C20H31N5O3. The Hall–Kier alpha value is -2.38. The van der Waals surface area contributed by atoms with Gasteiger partial charge in [-0.05, 0) is 40.0 Å². The molecule has 1 saturated carbocycles. The zero-order valence-electron chi connectivity index (χ0n) is 17.2. The van der Waals surface area contributed by atoms with Crippen molar-refractivity contribution in [2.45, 2.75) is 84.0 Å². The standard InChI is InChI=1S/C20H31N5O3/c1-5-10-24-18(27)16-11-15(17(26)21-13(2)3)23-25(16)12-20(24,4)19(28)22-14-8-6-7-9-14/h11,13-14H,5-10,12H2,1-4H3,(H,21,26)(H,22,28). The fourth-order valence-electron chi connectivity index (χ4n) is 4.07. The first-order valence-electron chi connectivity index (χ1n) is 10.3. The van der Waals surface area contributed by atoms with Crippen molar-refractivity contribution < 1.29 is 14.4 Å². The van der Waals surface area contributed by atoms with Crippen LogP contribution in [0.1, 0.15) is 80.8 Å². The Balaban J connectivity index is 1.90. The number of fused-ring (bicyclic) bond motifs is 1. The number of rotatable bonds is 6. The molecule has 0 aromatic carbocycles. The van der Waals surface area contributed by atoms with Crippen LogP contribution in [0.2, 0.25) is 0 Å². The Morgan fingerprint density at radius 3 is 2.61 bits per heavy atom. The van der Waals surface area contributed by atoms with Gasteiger partial charge in [0.05, 0.1) is 6.54 Å². The van der Waals surface area contributed by atoms with E-state index in [9.17, 15) is 14.4 Å². The molecule has 1 atom stereocenters. The molecule has 8 nitrogen and oxygen atoms in total. The van der Waals surface area contributed by atoms with Crippen molar-refractivity contribution in [2.24, 2.45) is 0 Å². The first-order valence-corrected chi connectivity index (χ1v) is 10.3. The van der Waals surface area contributed by atoms with Gasteiger partial charge in [-0.2, -0.15) is 5.10 Å². The monoisotopic (exact) mass is 389 g/mol. The Bertz CT molecular complexity index is 766. The Morgan fingerprint density at radius 1 is 1.32 bits per heavy atom. The smallest absolute Gasteiger partial charge is 0.273 e. The number of hydrogen-bond donors (Lipinski definition) is 2. The minimum Gasteiger partial charge on any atom is -0.351 e. The molecule has 1 unspecified atom stereocenters. The summed E-state index contributed by atoms with van der Waals surface area (Å²) in [6.45, 7) is 8.23. The molecule has 1 aromatic rings. The van der Waals surface area contributed by atoms with Gasteiger partial charge in [0.2, 0.25) is 5.91 Å².